The first-order chi connectivity index (χ1) is 5.57. The molecule has 12 heavy (non-hydrogen) atoms. The predicted molar refractivity (Wildman–Crippen MR) is 46.1 cm³/mol. The minimum absolute atomic E-state index is 0.0676. The van der Waals surface area contributed by atoms with E-state index in [1.54, 1.807) is 7.11 Å². The molecular formula is C9H18O3. The van der Waals surface area contributed by atoms with Gasteiger partial charge in [-0.15, -0.1) is 0 Å². The van der Waals surface area contributed by atoms with E-state index in [1.165, 1.54) is 0 Å². The van der Waals surface area contributed by atoms with Crippen LogP contribution in [0.15, 0.2) is 0 Å². The van der Waals surface area contributed by atoms with Crippen LogP contribution in [0, 0.1) is 0 Å². The largest absolute Gasteiger partial charge is 0.390 e. The molecule has 0 bridgehead atoms. The lowest BCUT2D eigenvalue weighted by Gasteiger charge is -2.27. The van der Waals surface area contributed by atoms with Gasteiger partial charge in [0.05, 0.1) is 17.8 Å². The van der Waals surface area contributed by atoms with Crippen LogP contribution >= 0.6 is 0 Å². The second-order valence-corrected chi connectivity index (χ2v) is 3.75. The highest BCUT2D eigenvalue weighted by molar-refractivity contribution is 4.83. The Bertz CT molecular complexity index is 149. The highest BCUT2D eigenvalue weighted by Crippen LogP contribution is 2.26. The molecule has 3 atom stereocenters. The van der Waals surface area contributed by atoms with Gasteiger partial charge in [-0.1, -0.05) is 0 Å². The summed E-state index contributed by atoms with van der Waals surface area (Å²) >= 11 is 0. The number of hydrogen-bond acceptors (Lipinski definition) is 3. The van der Waals surface area contributed by atoms with Gasteiger partial charge in [-0.3, -0.25) is 0 Å². The molecule has 1 fully saturated rings. The molecule has 1 N–H and O–H groups in total. The minimum atomic E-state index is -0.405. The summed E-state index contributed by atoms with van der Waals surface area (Å²) in [5.74, 6) is 0. The molecule has 0 aromatic heterocycles. The van der Waals surface area contributed by atoms with Gasteiger partial charge in [0.25, 0.3) is 0 Å². The van der Waals surface area contributed by atoms with E-state index in [9.17, 15) is 5.11 Å². The maximum atomic E-state index is 9.62. The third-order valence-electron chi connectivity index (χ3n) is 2.69. The fourth-order valence-corrected chi connectivity index (χ4v) is 1.47. The van der Waals surface area contributed by atoms with Crippen LogP contribution in [0.2, 0.25) is 0 Å². The Hall–Kier alpha value is -0.120. The highest BCUT2D eigenvalue weighted by atomic mass is 16.5. The van der Waals surface area contributed by atoms with Gasteiger partial charge in [0.1, 0.15) is 0 Å². The van der Waals surface area contributed by atoms with E-state index in [1.807, 2.05) is 13.8 Å². The molecule has 0 amide bonds. The normalized spacial score (nSPS) is 44.0. The van der Waals surface area contributed by atoms with Crippen LogP contribution in [0.3, 0.4) is 0 Å². The van der Waals surface area contributed by atoms with Crippen molar-refractivity contribution in [2.24, 2.45) is 0 Å². The first-order valence-corrected chi connectivity index (χ1v) is 4.42. The van der Waals surface area contributed by atoms with Gasteiger partial charge in [-0.2, -0.15) is 0 Å². The molecular weight excluding hydrogens is 156 g/mol. The molecule has 72 valence electrons. The summed E-state index contributed by atoms with van der Waals surface area (Å²) in [4.78, 5) is 0. The van der Waals surface area contributed by atoms with Crippen LogP contribution in [0.1, 0.15) is 26.7 Å². The standard InChI is InChI=1S/C9H18O3/c1-7-8(10)6-9(2,11-3)4-5-12-7/h7-8,10H,4-6H2,1-3H3/t7?,8-,9-/m1/s1. The van der Waals surface area contributed by atoms with Gasteiger partial charge in [0.2, 0.25) is 0 Å². The zero-order chi connectivity index (χ0) is 9.19. The zero-order valence-corrected chi connectivity index (χ0v) is 8.04. The Morgan fingerprint density at radius 1 is 1.58 bits per heavy atom. The molecule has 0 aromatic rings. The van der Waals surface area contributed by atoms with Crippen molar-refractivity contribution in [3.8, 4) is 0 Å². The third-order valence-corrected chi connectivity index (χ3v) is 2.69. The second-order valence-electron chi connectivity index (χ2n) is 3.75. The summed E-state index contributed by atoms with van der Waals surface area (Å²) in [5.41, 5.74) is -0.218. The SMILES string of the molecule is CO[C@]1(C)CCOC(C)[C@H](O)C1. The molecule has 0 aliphatic carbocycles. The fourth-order valence-electron chi connectivity index (χ4n) is 1.47. The van der Waals surface area contributed by atoms with Crippen molar-refractivity contribution in [2.45, 2.75) is 44.5 Å². The molecule has 1 saturated heterocycles. The average molecular weight is 174 g/mol. The molecule has 3 nitrogen and oxygen atoms in total. The third kappa shape index (κ3) is 2.19. The summed E-state index contributed by atoms with van der Waals surface area (Å²) in [6.07, 6.45) is 1.04. The minimum Gasteiger partial charge on any atom is -0.390 e. The molecule has 1 aliphatic rings. The average Bonchev–Trinajstić information content (AvgIpc) is 2.14. The number of rotatable bonds is 1. The molecule has 1 aliphatic heterocycles. The van der Waals surface area contributed by atoms with Crippen LogP contribution < -0.4 is 0 Å². The maximum absolute atomic E-state index is 9.62. The van der Waals surface area contributed by atoms with Crippen molar-refractivity contribution in [3.05, 3.63) is 0 Å². The molecule has 3 heteroatoms. The van der Waals surface area contributed by atoms with E-state index in [4.69, 9.17) is 9.47 Å². The Labute approximate surface area is 73.7 Å². The number of hydrogen-bond donors (Lipinski definition) is 1. The molecule has 1 heterocycles. The number of aliphatic hydroxyl groups is 1. The van der Waals surface area contributed by atoms with E-state index in [0.717, 1.165) is 6.42 Å². The van der Waals surface area contributed by atoms with Crippen LogP contribution in [-0.4, -0.2) is 36.6 Å². The molecule has 0 spiro atoms. The number of ether oxygens (including phenoxy) is 2. The maximum Gasteiger partial charge on any atom is 0.0826 e. The van der Waals surface area contributed by atoms with E-state index in [-0.39, 0.29) is 11.7 Å². The van der Waals surface area contributed by atoms with Crippen LogP contribution in [0.5, 0.6) is 0 Å². The molecule has 1 rings (SSSR count). The summed E-state index contributed by atoms with van der Waals surface area (Å²) in [6.45, 7) is 4.58. The lowest BCUT2D eigenvalue weighted by molar-refractivity contribution is -0.0386. The van der Waals surface area contributed by atoms with Gasteiger partial charge in [0, 0.05) is 20.1 Å². The molecule has 0 radical (unpaired) electrons. The summed E-state index contributed by atoms with van der Waals surface area (Å²) in [6, 6.07) is 0. The predicted octanol–water partition coefficient (Wildman–Crippen LogP) is 0.951. The van der Waals surface area contributed by atoms with Gasteiger partial charge in [-0.05, 0) is 20.3 Å². The van der Waals surface area contributed by atoms with Crippen LogP contribution in [0.4, 0.5) is 0 Å². The second kappa shape index (κ2) is 3.73. The Balaban J connectivity index is 2.59. The lowest BCUT2D eigenvalue weighted by atomic mass is 9.94. The van der Waals surface area contributed by atoms with E-state index >= 15 is 0 Å². The van der Waals surface area contributed by atoms with Crippen LogP contribution in [0.25, 0.3) is 0 Å². The fraction of sp³-hybridized carbons (Fsp3) is 1.00. The van der Waals surface area contributed by atoms with Crippen molar-refractivity contribution >= 4 is 0 Å². The number of methoxy groups -OCH3 is 1. The summed E-state index contributed by atoms with van der Waals surface area (Å²) in [7, 11) is 1.68. The van der Waals surface area contributed by atoms with Gasteiger partial charge in [-0.25, -0.2) is 0 Å². The quantitative estimate of drug-likeness (QED) is 0.643. The molecule has 0 aromatic carbocycles. The monoisotopic (exact) mass is 174 g/mol. The first kappa shape index (κ1) is 9.96. The Morgan fingerprint density at radius 2 is 2.25 bits per heavy atom. The van der Waals surface area contributed by atoms with E-state index in [2.05, 4.69) is 0 Å². The van der Waals surface area contributed by atoms with Crippen LogP contribution in [-0.2, 0) is 9.47 Å². The van der Waals surface area contributed by atoms with Crippen molar-refractivity contribution in [1.29, 1.82) is 0 Å². The summed E-state index contributed by atoms with van der Waals surface area (Å²) in [5, 5.41) is 9.62. The Morgan fingerprint density at radius 3 is 2.83 bits per heavy atom. The van der Waals surface area contributed by atoms with Gasteiger partial charge in [0.15, 0.2) is 0 Å². The van der Waals surface area contributed by atoms with Gasteiger partial charge < -0.3 is 14.6 Å². The topological polar surface area (TPSA) is 38.7 Å². The Kier molecular flexibility index (Phi) is 3.09. The first-order valence-electron chi connectivity index (χ1n) is 4.42. The lowest BCUT2D eigenvalue weighted by Crippen LogP contribution is -2.33. The molecule has 1 unspecified atom stereocenters. The van der Waals surface area contributed by atoms with E-state index in [0.29, 0.717) is 13.0 Å². The smallest absolute Gasteiger partial charge is 0.0826 e. The highest BCUT2D eigenvalue weighted by Gasteiger charge is 2.32. The zero-order valence-electron chi connectivity index (χ0n) is 8.04. The van der Waals surface area contributed by atoms with E-state index < -0.39 is 6.10 Å². The van der Waals surface area contributed by atoms with Gasteiger partial charge >= 0.3 is 0 Å². The molecule has 0 saturated carbocycles. The van der Waals surface area contributed by atoms with Crippen molar-refractivity contribution in [3.63, 3.8) is 0 Å². The van der Waals surface area contributed by atoms with Crippen molar-refractivity contribution < 1.29 is 14.6 Å². The van der Waals surface area contributed by atoms with Crippen molar-refractivity contribution in [1.82, 2.24) is 0 Å². The summed E-state index contributed by atoms with van der Waals surface area (Å²) < 4.78 is 10.7. The van der Waals surface area contributed by atoms with Crippen molar-refractivity contribution in [2.75, 3.05) is 13.7 Å². The number of aliphatic hydroxyl groups excluding tert-OH is 1.